The van der Waals surface area contributed by atoms with Gasteiger partial charge >= 0.3 is 11.7 Å². The Morgan fingerprint density at radius 1 is 0.973 bits per heavy atom. The van der Waals surface area contributed by atoms with E-state index in [1.807, 2.05) is 18.2 Å². The number of aryl methyl sites for hydroxylation is 2. The summed E-state index contributed by atoms with van der Waals surface area (Å²) < 4.78 is 19.8. The Labute approximate surface area is 210 Å². The molecule has 0 saturated carbocycles. The summed E-state index contributed by atoms with van der Waals surface area (Å²) in [5, 5.41) is 10.1. The Balaban J connectivity index is 1.46. The number of aromatic hydroxyl groups is 1. The fourth-order valence-electron chi connectivity index (χ4n) is 5.08. The minimum Gasteiger partial charge on any atom is -0.504 e. The van der Waals surface area contributed by atoms with Gasteiger partial charge in [0.1, 0.15) is 11.5 Å². The zero-order valence-corrected chi connectivity index (χ0v) is 20.3. The Hall–Kier alpha value is -4.79. The van der Waals surface area contributed by atoms with Crippen LogP contribution in [0.25, 0.3) is 17.1 Å². The van der Waals surface area contributed by atoms with Crippen LogP contribution in [-0.4, -0.2) is 33.1 Å². The molecule has 37 heavy (non-hydrogen) atoms. The summed E-state index contributed by atoms with van der Waals surface area (Å²) in [7, 11) is 4.86. The van der Waals surface area contributed by atoms with Crippen molar-refractivity contribution in [1.82, 2.24) is 9.13 Å². The number of methoxy groups -OCH3 is 1. The molecule has 9 nitrogen and oxygen atoms in total. The molecule has 2 aliphatic rings. The van der Waals surface area contributed by atoms with Gasteiger partial charge in [-0.05, 0) is 53.6 Å². The van der Waals surface area contributed by atoms with E-state index >= 15 is 0 Å². The van der Waals surface area contributed by atoms with Crippen molar-refractivity contribution in [3.8, 4) is 23.0 Å². The topological polar surface area (TPSA) is 109 Å². The molecule has 1 aromatic heterocycles. The zero-order valence-electron chi connectivity index (χ0n) is 20.3. The van der Waals surface area contributed by atoms with E-state index in [0.29, 0.717) is 33.9 Å². The van der Waals surface area contributed by atoms with Crippen molar-refractivity contribution in [3.63, 3.8) is 0 Å². The number of allylic oxidation sites excluding steroid dienone is 1. The van der Waals surface area contributed by atoms with Crippen LogP contribution in [0.1, 0.15) is 39.4 Å². The number of phenolic OH excluding ortho intramolecular Hbond substituents is 1. The molecule has 0 saturated heterocycles. The standard InChI is InChI=1S/C28H22N2O7/c1-29-18-7-5-15(12-19(18)30(2)28(29)34)17-13-24(32)36-22-9-6-16-26(33)23(37-27(16)25(17)22)11-14-4-8-21(35-3)20(31)10-14/h4-12,17,31H,13H2,1-3H3. The van der Waals surface area contributed by atoms with Crippen LogP contribution in [0, 0.1) is 0 Å². The number of benzene rings is 3. The number of carbonyl (C=O) groups excluding carboxylic acids is 2. The molecule has 2 aliphatic heterocycles. The largest absolute Gasteiger partial charge is 0.504 e. The van der Waals surface area contributed by atoms with Gasteiger partial charge in [0.05, 0.1) is 30.1 Å². The lowest BCUT2D eigenvalue weighted by atomic mass is 9.84. The molecular formula is C28H22N2O7. The lowest BCUT2D eigenvalue weighted by Crippen LogP contribution is -2.21. The Morgan fingerprint density at radius 2 is 1.76 bits per heavy atom. The number of imidazole rings is 1. The second-order valence-corrected chi connectivity index (χ2v) is 9.10. The molecular weight excluding hydrogens is 476 g/mol. The fraction of sp³-hybridized carbons (Fsp3) is 0.179. The van der Waals surface area contributed by atoms with Crippen LogP contribution in [0.15, 0.2) is 59.1 Å². The number of ketones is 1. The van der Waals surface area contributed by atoms with E-state index in [1.165, 1.54) is 13.2 Å². The van der Waals surface area contributed by atoms with Crippen molar-refractivity contribution < 1.29 is 28.9 Å². The highest BCUT2D eigenvalue weighted by Gasteiger charge is 2.38. The molecule has 3 aromatic carbocycles. The molecule has 0 bridgehead atoms. The first-order valence-electron chi connectivity index (χ1n) is 11.6. The maximum Gasteiger partial charge on any atom is 0.328 e. The predicted molar refractivity (Wildman–Crippen MR) is 134 cm³/mol. The number of aromatic nitrogens is 2. The van der Waals surface area contributed by atoms with Gasteiger partial charge in [0.2, 0.25) is 5.78 Å². The minimum absolute atomic E-state index is 0.0543. The molecule has 4 aromatic rings. The molecule has 0 spiro atoms. The Kier molecular flexibility index (Phi) is 4.98. The number of ether oxygens (including phenoxy) is 3. The SMILES string of the molecule is COc1ccc(C=C2Oc3c(ccc4c3C(c3ccc5c(c3)n(C)c(=O)n5C)CC(=O)O4)C2=O)cc1O. The van der Waals surface area contributed by atoms with Crippen molar-refractivity contribution in [2.24, 2.45) is 14.1 Å². The van der Waals surface area contributed by atoms with Gasteiger partial charge in [0.25, 0.3) is 0 Å². The summed E-state index contributed by atoms with van der Waals surface area (Å²) in [5.41, 5.74) is 3.67. The number of phenols is 1. The van der Waals surface area contributed by atoms with Gasteiger partial charge in [-0.2, -0.15) is 0 Å². The van der Waals surface area contributed by atoms with E-state index in [9.17, 15) is 19.5 Å². The Morgan fingerprint density at radius 3 is 2.51 bits per heavy atom. The summed E-state index contributed by atoms with van der Waals surface area (Å²) in [5.74, 6) is -0.139. The average molecular weight is 498 g/mol. The number of Topliss-reactive ketones (excluding diaryl/α,β-unsaturated/α-hetero) is 1. The molecule has 1 atom stereocenters. The highest BCUT2D eigenvalue weighted by Crippen LogP contribution is 2.49. The highest BCUT2D eigenvalue weighted by molar-refractivity contribution is 6.15. The van der Waals surface area contributed by atoms with Crippen molar-refractivity contribution in [1.29, 1.82) is 0 Å². The summed E-state index contributed by atoms with van der Waals surface area (Å²) >= 11 is 0. The van der Waals surface area contributed by atoms with Crippen LogP contribution in [0.5, 0.6) is 23.0 Å². The number of fused-ring (bicyclic) bond motifs is 4. The second kappa shape index (κ2) is 8.12. The van der Waals surface area contributed by atoms with Crippen molar-refractivity contribution in [2.45, 2.75) is 12.3 Å². The third kappa shape index (κ3) is 3.42. The molecule has 0 amide bonds. The van der Waals surface area contributed by atoms with Gasteiger partial charge < -0.3 is 19.3 Å². The van der Waals surface area contributed by atoms with Crippen LogP contribution in [-0.2, 0) is 18.9 Å². The smallest absolute Gasteiger partial charge is 0.328 e. The number of nitrogens with zero attached hydrogens (tertiary/aromatic N) is 2. The second-order valence-electron chi connectivity index (χ2n) is 9.10. The molecule has 3 heterocycles. The van der Waals surface area contributed by atoms with Gasteiger partial charge in [-0.15, -0.1) is 0 Å². The van der Waals surface area contributed by atoms with Crippen LogP contribution < -0.4 is 19.9 Å². The van der Waals surface area contributed by atoms with Crippen molar-refractivity contribution in [2.75, 3.05) is 7.11 Å². The summed E-state index contributed by atoms with van der Waals surface area (Å²) in [6.45, 7) is 0. The molecule has 186 valence electrons. The zero-order chi connectivity index (χ0) is 26.0. The third-order valence-corrected chi connectivity index (χ3v) is 6.98. The number of rotatable bonds is 3. The summed E-state index contributed by atoms with van der Waals surface area (Å²) in [6, 6.07) is 13.6. The van der Waals surface area contributed by atoms with Crippen LogP contribution in [0.4, 0.5) is 0 Å². The normalized spacial score (nSPS) is 17.5. The van der Waals surface area contributed by atoms with Crippen LogP contribution in [0.3, 0.4) is 0 Å². The number of carbonyl (C=O) groups is 2. The number of hydrogen-bond acceptors (Lipinski definition) is 7. The van der Waals surface area contributed by atoms with E-state index in [-0.39, 0.29) is 29.4 Å². The maximum absolute atomic E-state index is 13.2. The van der Waals surface area contributed by atoms with Crippen LogP contribution in [0.2, 0.25) is 0 Å². The van der Waals surface area contributed by atoms with E-state index in [2.05, 4.69) is 0 Å². The third-order valence-electron chi connectivity index (χ3n) is 6.98. The highest BCUT2D eigenvalue weighted by atomic mass is 16.5. The molecule has 1 unspecified atom stereocenters. The first kappa shape index (κ1) is 22.7. The molecule has 0 aliphatic carbocycles. The lowest BCUT2D eigenvalue weighted by Gasteiger charge is -2.26. The number of esters is 1. The van der Waals surface area contributed by atoms with Crippen molar-refractivity contribution in [3.05, 3.63) is 87.0 Å². The van der Waals surface area contributed by atoms with Gasteiger partial charge in [-0.1, -0.05) is 12.1 Å². The summed E-state index contributed by atoms with van der Waals surface area (Å²) in [4.78, 5) is 38.2. The number of hydrogen-bond donors (Lipinski definition) is 1. The van der Waals surface area contributed by atoms with Gasteiger partial charge in [-0.25, -0.2) is 4.79 Å². The first-order chi connectivity index (χ1) is 17.8. The predicted octanol–water partition coefficient (Wildman–Crippen LogP) is 3.65. The average Bonchev–Trinajstić information content (AvgIpc) is 3.31. The molecule has 0 fully saturated rings. The monoisotopic (exact) mass is 498 g/mol. The van der Waals surface area contributed by atoms with E-state index in [1.54, 1.807) is 53.6 Å². The van der Waals surface area contributed by atoms with Gasteiger partial charge in [-0.3, -0.25) is 18.7 Å². The lowest BCUT2D eigenvalue weighted by molar-refractivity contribution is -0.135. The van der Waals surface area contributed by atoms with Gasteiger partial charge in [0, 0.05) is 25.6 Å². The quantitative estimate of drug-likeness (QED) is 0.261. The molecule has 1 N–H and O–H groups in total. The first-order valence-corrected chi connectivity index (χ1v) is 11.6. The van der Waals surface area contributed by atoms with Gasteiger partial charge in [0.15, 0.2) is 17.3 Å². The van der Waals surface area contributed by atoms with Crippen molar-refractivity contribution >= 4 is 28.9 Å². The van der Waals surface area contributed by atoms with E-state index < -0.39 is 11.9 Å². The van der Waals surface area contributed by atoms with E-state index in [0.717, 1.165) is 16.6 Å². The Bertz CT molecular complexity index is 1740. The molecule has 9 heteroatoms. The molecule has 0 radical (unpaired) electrons. The molecule has 6 rings (SSSR count). The van der Waals surface area contributed by atoms with Crippen LogP contribution >= 0.6 is 0 Å². The minimum atomic E-state index is -0.442. The van der Waals surface area contributed by atoms with E-state index in [4.69, 9.17) is 14.2 Å². The maximum atomic E-state index is 13.2. The fourth-order valence-corrected chi connectivity index (χ4v) is 5.08. The summed E-state index contributed by atoms with van der Waals surface area (Å²) in [6.07, 6.45) is 1.60.